The predicted octanol–water partition coefficient (Wildman–Crippen LogP) is 3.54. The molecule has 1 rings (SSSR count). The van der Waals surface area contributed by atoms with Gasteiger partial charge in [-0.2, -0.15) is 0 Å². The molecule has 0 spiro atoms. The fraction of sp³-hybridized carbons (Fsp3) is 0.938. The maximum atomic E-state index is 11.7. The molecule has 1 amide bonds. The van der Waals surface area contributed by atoms with Gasteiger partial charge in [-0.25, -0.2) is 4.79 Å². The molecule has 0 radical (unpaired) electrons. The number of rotatable bonds is 3. The van der Waals surface area contributed by atoms with Crippen molar-refractivity contribution in [3.8, 4) is 0 Å². The molecule has 1 aliphatic heterocycles. The number of hydrogen-bond acceptors (Lipinski definition) is 3. The summed E-state index contributed by atoms with van der Waals surface area (Å²) in [6.45, 7) is 17.0. The Hall–Kier alpha value is -0.593. The molecule has 5 nitrogen and oxygen atoms in total. The van der Waals surface area contributed by atoms with E-state index in [9.17, 15) is 15.0 Å². The summed E-state index contributed by atoms with van der Waals surface area (Å²) in [5.41, 5.74) is -1.14. The van der Waals surface area contributed by atoms with Gasteiger partial charge in [0.1, 0.15) is 0 Å². The van der Waals surface area contributed by atoms with Crippen molar-refractivity contribution in [1.82, 2.24) is 4.90 Å². The highest BCUT2D eigenvalue weighted by atomic mass is 28.4. The largest absolute Gasteiger partial charge is 0.465 e. The second kappa shape index (κ2) is 5.80. The van der Waals surface area contributed by atoms with Gasteiger partial charge in [-0.15, -0.1) is 0 Å². The number of hydrogen-bond donors (Lipinski definition) is 2. The van der Waals surface area contributed by atoms with E-state index in [-0.39, 0.29) is 23.2 Å². The minimum atomic E-state index is -1.97. The molecule has 1 saturated heterocycles. The summed E-state index contributed by atoms with van der Waals surface area (Å²) in [6.07, 6.45) is -0.583. The van der Waals surface area contributed by atoms with Gasteiger partial charge in [0.05, 0.1) is 18.2 Å². The van der Waals surface area contributed by atoms with Crippen LogP contribution in [0.2, 0.25) is 18.1 Å². The molecule has 0 aromatic carbocycles. The van der Waals surface area contributed by atoms with Crippen LogP contribution in [0.5, 0.6) is 0 Å². The van der Waals surface area contributed by atoms with Crippen molar-refractivity contribution in [2.45, 2.75) is 77.7 Å². The van der Waals surface area contributed by atoms with E-state index in [1.165, 1.54) is 4.90 Å². The Balaban J connectivity index is 3.09. The summed E-state index contributed by atoms with van der Waals surface area (Å²) < 4.78 is 6.42. The van der Waals surface area contributed by atoms with Crippen LogP contribution in [-0.2, 0) is 4.43 Å². The van der Waals surface area contributed by atoms with E-state index in [2.05, 4.69) is 33.9 Å². The lowest BCUT2D eigenvalue weighted by molar-refractivity contribution is -0.0121. The van der Waals surface area contributed by atoms with Gasteiger partial charge in [0.2, 0.25) is 0 Å². The van der Waals surface area contributed by atoms with E-state index >= 15 is 0 Å². The first kappa shape index (κ1) is 19.5. The molecular weight excluding hydrogens is 298 g/mol. The van der Waals surface area contributed by atoms with Crippen LogP contribution in [0.1, 0.15) is 48.0 Å². The molecule has 2 N–H and O–H groups in total. The first-order valence-corrected chi connectivity index (χ1v) is 10.9. The van der Waals surface area contributed by atoms with Crippen LogP contribution in [-0.4, -0.2) is 54.3 Å². The van der Waals surface area contributed by atoms with E-state index in [0.29, 0.717) is 13.0 Å². The van der Waals surface area contributed by atoms with Crippen LogP contribution in [0, 0.1) is 5.41 Å². The van der Waals surface area contributed by atoms with Crippen LogP contribution < -0.4 is 0 Å². The molecule has 0 bridgehead atoms. The Morgan fingerprint density at radius 3 is 2.05 bits per heavy atom. The van der Waals surface area contributed by atoms with Crippen LogP contribution in [0.3, 0.4) is 0 Å². The molecule has 1 fully saturated rings. The van der Waals surface area contributed by atoms with E-state index in [1.807, 2.05) is 20.8 Å². The van der Waals surface area contributed by atoms with Crippen molar-refractivity contribution in [1.29, 1.82) is 0 Å². The van der Waals surface area contributed by atoms with Gasteiger partial charge in [0, 0.05) is 13.0 Å². The number of amides is 1. The average Bonchev–Trinajstić information content (AvgIpc) is 2.66. The van der Waals surface area contributed by atoms with Gasteiger partial charge in [-0.3, -0.25) is 4.90 Å². The average molecular weight is 332 g/mol. The van der Waals surface area contributed by atoms with Crippen molar-refractivity contribution in [3.63, 3.8) is 0 Å². The molecule has 1 heterocycles. The molecule has 6 heteroatoms. The minimum absolute atomic E-state index is 0.0766. The fourth-order valence-corrected chi connectivity index (χ4v) is 4.31. The van der Waals surface area contributed by atoms with Gasteiger partial charge in [0.15, 0.2) is 8.32 Å². The van der Waals surface area contributed by atoms with Crippen LogP contribution in [0.15, 0.2) is 0 Å². The zero-order chi connectivity index (χ0) is 17.6. The number of carboxylic acid groups (broad SMARTS) is 1. The smallest absolute Gasteiger partial charge is 0.407 e. The highest BCUT2D eigenvalue weighted by Gasteiger charge is 2.56. The van der Waals surface area contributed by atoms with E-state index < -0.39 is 19.9 Å². The molecule has 0 aromatic rings. The molecule has 0 saturated carbocycles. The topological polar surface area (TPSA) is 70.0 Å². The minimum Gasteiger partial charge on any atom is -0.465 e. The Bertz CT molecular complexity index is 425. The van der Waals surface area contributed by atoms with Crippen molar-refractivity contribution in [2.75, 3.05) is 13.2 Å². The zero-order valence-electron chi connectivity index (χ0n) is 15.4. The third-order valence-corrected chi connectivity index (χ3v) is 10.2. The lowest BCUT2D eigenvalue weighted by Crippen LogP contribution is -2.57. The molecule has 130 valence electrons. The summed E-state index contributed by atoms with van der Waals surface area (Å²) in [6, 6.07) is 0. The van der Waals surface area contributed by atoms with Gasteiger partial charge in [0.25, 0.3) is 0 Å². The van der Waals surface area contributed by atoms with Crippen molar-refractivity contribution < 1.29 is 19.4 Å². The highest BCUT2D eigenvalue weighted by Crippen LogP contribution is 2.46. The van der Waals surface area contributed by atoms with Crippen LogP contribution >= 0.6 is 0 Å². The predicted molar refractivity (Wildman–Crippen MR) is 90.7 cm³/mol. The van der Waals surface area contributed by atoms with E-state index in [4.69, 9.17) is 4.43 Å². The molecule has 0 unspecified atom stereocenters. The fourth-order valence-electron chi connectivity index (χ4n) is 2.96. The summed E-state index contributed by atoms with van der Waals surface area (Å²) in [4.78, 5) is 13.1. The number of aliphatic hydroxyl groups excluding tert-OH is 1. The lowest BCUT2D eigenvalue weighted by Gasteiger charge is -2.45. The zero-order valence-corrected chi connectivity index (χ0v) is 16.4. The maximum Gasteiger partial charge on any atom is 0.407 e. The number of carbonyl (C=O) groups is 1. The molecule has 22 heavy (non-hydrogen) atoms. The second-order valence-corrected chi connectivity index (χ2v) is 13.8. The second-order valence-electron chi connectivity index (χ2n) is 9.04. The van der Waals surface area contributed by atoms with Gasteiger partial charge >= 0.3 is 6.09 Å². The summed E-state index contributed by atoms with van der Waals surface area (Å²) >= 11 is 0. The van der Waals surface area contributed by atoms with Gasteiger partial charge in [-0.1, -0.05) is 41.5 Å². The van der Waals surface area contributed by atoms with Crippen LogP contribution in [0.25, 0.3) is 0 Å². The van der Waals surface area contributed by atoms with E-state index in [0.717, 1.165) is 0 Å². The third kappa shape index (κ3) is 3.33. The van der Waals surface area contributed by atoms with Crippen molar-refractivity contribution >= 4 is 14.4 Å². The van der Waals surface area contributed by atoms with E-state index in [1.54, 1.807) is 0 Å². The summed E-state index contributed by atoms with van der Waals surface area (Å²) in [5.74, 6) is 0. The molecule has 0 aromatic heterocycles. The molecule has 1 aliphatic rings. The van der Waals surface area contributed by atoms with Crippen molar-refractivity contribution in [3.05, 3.63) is 0 Å². The number of nitrogens with zero attached hydrogens (tertiary/aromatic N) is 1. The number of aliphatic hydroxyl groups is 1. The molecular formula is C16H33NO4Si. The lowest BCUT2D eigenvalue weighted by atomic mass is 9.72. The van der Waals surface area contributed by atoms with Crippen LogP contribution in [0.4, 0.5) is 4.79 Å². The Morgan fingerprint density at radius 2 is 1.77 bits per heavy atom. The quantitative estimate of drug-likeness (QED) is 0.776. The maximum absolute atomic E-state index is 11.7. The van der Waals surface area contributed by atoms with Gasteiger partial charge in [-0.05, 0) is 23.5 Å². The Kier molecular flexibility index (Phi) is 5.13. The standard InChI is InChI=1S/C16H33NO4Si/c1-14(2,3)16(11-18)9-12(10-17(16)13(19)20)21-22(7,8)15(4,5)6/h12,18H,9-11H2,1-8H3,(H,19,20)/t12-,16-/m1/s1. The molecule has 0 aliphatic carbocycles. The summed E-state index contributed by atoms with van der Waals surface area (Å²) in [7, 11) is -1.97. The number of likely N-dealkylation sites (tertiary alicyclic amines) is 1. The monoisotopic (exact) mass is 331 g/mol. The molecule has 2 atom stereocenters. The Labute approximate surface area is 135 Å². The highest BCUT2D eigenvalue weighted by molar-refractivity contribution is 6.74. The first-order chi connectivity index (χ1) is 9.68. The normalized spacial score (nSPS) is 27.3. The SMILES string of the molecule is CC(C)(C)[C@]1(CO)C[C@@H](O[Si](C)(C)C(C)(C)C)CN1C(=O)O. The third-order valence-electron chi connectivity index (χ3n) is 5.62. The first-order valence-electron chi connectivity index (χ1n) is 7.97. The van der Waals surface area contributed by atoms with Gasteiger partial charge < -0.3 is 14.6 Å². The Morgan fingerprint density at radius 1 is 1.27 bits per heavy atom. The van der Waals surface area contributed by atoms with Crippen molar-refractivity contribution in [2.24, 2.45) is 5.41 Å². The summed E-state index contributed by atoms with van der Waals surface area (Å²) in [5, 5.41) is 19.7.